The van der Waals surface area contributed by atoms with Crippen LogP contribution in [0.4, 0.5) is 0 Å². The lowest BCUT2D eigenvalue weighted by Gasteiger charge is -1.93. The first kappa shape index (κ1) is 6.54. The highest BCUT2D eigenvalue weighted by atomic mass is 16.3. The molecule has 0 unspecified atom stereocenters. The zero-order chi connectivity index (χ0) is 8.67. The average molecular weight is 171 g/mol. The van der Waals surface area contributed by atoms with Crippen LogP contribution in [0.1, 0.15) is 0 Å². The number of nitrogens with zero attached hydrogens (tertiary/aromatic N) is 3. The number of hydrogen-bond acceptors (Lipinski definition) is 4. The monoisotopic (exact) mass is 171 g/mol. The zero-order valence-corrected chi connectivity index (χ0v) is 6.64. The highest BCUT2D eigenvalue weighted by molar-refractivity contribution is 5.99. The Hall–Kier alpha value is -1.97. The molecule has 0 aliphatic carbocycles. The van der Waals surface area contributed by atoms with Crippen LogP contribution in [0.5, 0.6) is 0 Å². The van der Waals surface area contributed by atoms with Gasteiger partial charge in [0.1, 0.15) is 17.4 Å². The van der Waals surface area contributed by atoms with Crippen molar-refractivity contribution in [1.29, 1.82) is 0 Å². The summed E-state index contributed by atoms with van der Waals surface area (Å²) in [4.78, 5) is 12.1. The van der Waals surface area contributed by atoms with Crippen LogP contribution < -0.4 is 0 Å². The molecule has 0 aliphatic heterocycles. The third-order valence-corrected chi connectivity index (χ3v) is 1.97. The molecular weight excluding hydrogens is 166 g/mol. The lowest BCUT2D eigenvalue weighted by atomic mass is 10.2. The molecule has 0 bridgehead atoms. The molecule has 4 nitrogen and oxygen atoms in total. The highest BCUT2D eigenvalue weighted by Crippen LogP contribution is 2.21. The molecule has 62 valence electrons. The fourth-order valence-electron chi connectivity index (χ4n) is 1.37. The third kappa shape index (κ3) is 0.823. The van der Waals surface area contributed by atoms with Crippen LogP contribution in [0.2, 0.25) is 0 Å². The van der Waals surface area contributed by atoms with E-state index in [1.54, 1.807) is 6.20 Å². The van der Waals surface area contributed by atoms with Gasteiger partial charge in [-0.2, -0.15) is 0 Å². The normalized spacial score (nSPS) is 11.1. The number of fused-ring (bicyclic) bond motifs is 3. The van der Waals surface area contributed by atoms with Crippen molar-refractivity contribution in [2.24, 2.45) is 0 Å². The van der Waals surface area contributed by atoms with Gasteiger partial charge >= 0.3 is 0 Å². The van der Waals surface area contributed by atoms with E-state index in [4.69, 9.17) is 4.42 Å². The standard InChI is InChI=1S/C9H5N3O/c1-2-7-9(13-5-12-7)8-6(1)3-10-4-11-8/h1-5H. The predicted molar refractivity (Wildman–Crippen MR) is 47.1 cm³/mol. The van der Waals surface area contributed by atoms with Crippen LogP contribution in [0, 0.1) is 0 Å². The van der Waals surface area contributed by atoms with Crippen molar-refractivity contribution >= 4 is 22.0 Å². The SMILES string of the molecule is c1ncc2ccc3ncoc3c2n1. The van der Waals surface area contributed by atoms with Crippen molar-refractivity contribution in [2.75, 3.05) is 0 Å². The maximum Gasteiger partial charge on any atom is 0.182 e. The van der Waals surface area contributed by atoms with Crippen molar-refractivity contribution in [3.63, 3.8) is 0 Å². The number of aromatic nitrogens is 3. The maximum absolute atomic E-state index is 5.23. The Kier molecular flexibility index (Phi) is 1.14. The largest absolute Gasteiger partial charge is 0.441 e. The molecule has 4 heteroatoms. The molecule has 0 atom stereocenters. The molecule has 0 saturated heterocycles. The van der Waals surface area contributed by atoms with Gasteiger partial charge in [0.25, 0.3) is 0 Å². The fourth-order valence-corrected chi connectivity index (χ4v) is 1.37. The number of rotatable bonds is 0. The second kappa shape index (κ2) is 2.26. The van der Waals surface area contributed by atoms with Gasteiger partial charge in [-0.3, -0.25) is 0 Å². The predicted octanol–water partition coefficient (Wildman–Crippen LogP) is 1.77. The van der Waals surface area contributed by atoms with Gasteiger partial charge in [0, 0.05) is 11.6 Å². The van der Waals surface area contributed by atoms with E-state index in [9.17, 15) is 0 Å². The maximum atomic E-state index is 5.23. The Balaban J connectivity index is 2.65. The minimum Gasteiger partial charge on any atom is -0.441 e. The molecule has 0 saturated carbocycles. The summed E-state index contributed by atoms with van der Waals surface area (Å²) in [5, 5.41) is 0.965. The van der Waals surface area contributed by atoms with Crippen LogP contribution in [0.15, 0.2) is 35.5 Å². The summed E-state index contributed by atoms with van der Waals surface area (Å²) in [5.41, 5.74) is 2.36. The molecule has 0 radical (unpaired) electrons. The number of benzene rings is 1. The van der Waals surface area contributed by atoms with E-state index in [0.717, 1.165) is 22.0 Å². The topological polar surface area (TPSA) is 51.8 Å². The summed E-state index contributed by atoms with van der Waals surface area (Å²) in [6.45, 7) is 0. The van der Waals surface area contributed by atoms with Crippen LogP contribution in [0.25, 0.3) is 22.0 Å². The molecule has 13 heavy (non-hydrogen) atoms. The van der Waals surface area contributed by atoms with Gasteiger partial charge in [0.2, 0.25) is 0 Å². The van der Waals surface area contributed by atoms with Crippen LogP contribution >= 0.6 is 0 Å². The first-order valence-corrected chi connectivity index (χ1v) is 3.87. The first-order valence-electron chi connectivity index (χ1n) is 3.87. The minimum atomic E-state index is 0.722. The molecule has 0 N–H and O–H groups in total. The second-order valence-electron chi connectivity index (χ2n) is 2.73. The fraction of sp³-hybridized carbons (Fsp3) is 0. The first-order chi connectivity index (χ1) is 6.45. The Morgan fingerprint density at radius 1 is 1.15 bits per heavy atom. The summed E-state index contributed by atoms with van der Waals surface area (Å²) in [5.74, 6) is 0. The Labute approximate surface area is 73.2 Å². The van der Waals surface area contributed by atoms with E-state index in [2.05, 4.69) is 15.0 Å². The van der Waals surface area contributed by atoms with E-state index in [1.165, 1.54) is 12.7 Å². The minimum absolute atomic E-state index is 0.722. The van der Waals surface area contributed by atoms with Gasteiger partial charge in [-0.05, 0) is 12.1 Å². The summed E-state index contributed by atoms with van der Waals surface area (Å²) in [7, 11) is 0. The summed E-state index contributed by atoms with van der Waals surface area (Å²) in [6, 6.07) is 3.82. The lowest BCUT2D eigenvalue weighted by molar-refractivity contribution is 0.604. The molecule has 2 aromatic heterocycles. The molecule has 3 rings (SSSR count). The van der Waals surface area contributed by atoms with E-state index < -0.39 is 0 Å². The van der Waals surface area contributed by atoms with Gasteiger partial charge in [-0.1, -0.05) is 0 Å². The van der Waals surface area contributed by atoms with Gasteiger partial charge < -0.3 is 4.42 Å². The van der Waals surface area contributed by atoms with Crippen molar-refractivity contribution in [2.45, 2.75) is 0 Å². The molecule has 0 spiro atoms. The summed E-state index contributed by atoms with van der Waals surface area (Å²) >= 11 is 0. The molecule has 0 fully saturated rings. The smallest absolute Gasteiger partial charge is 0.182 e. The van der Waals surface area contributed by atoms with Gasteiger partial charge in [0.15, 0.2) is 12.0 Å². The van der Waals surface area contributed by atoms with Crippen molar-refractivity contribution in [3.05, 3.63) is 31.1 Å². The van der Waals surface area contributed by atoms with E-state index in [0.29, 0.717) is 0 Å². The van der Waals surface area contributed by atoms with Crippen molar-refractivity contribution in [3.8, 4) is 0 Å². The number of oxazole rings is 1. The van der Waals surface area contributed by atoms with Gasteiger partial charge in [0.05, 0.1) is 0 Å². The van der Waals surface area contributed by atoms with Crippen LogP contribution in [-0.4, -0.2) is 15.0 Å². The lowest BCUT2D eigenvalue weighted by Crippen LogP contribution is -1.80. The quantitative estimate of drug-likeness (QED) is 0.517. The Morgan fingerprint density at radius 2 is 2.15 bits per heavy atom. The molecule has 2 heterocycles. The second-order valence-corrected chi connectivity index (χ2v) is 2.73. The van der Waals surface area contributed by atoms with Crippen molar-refractivity contribution < 1.29 is 4.42 Å². The van der Waals surface area contributed by atoms with Crippen LogP contribution in [-0.2, 0) is 0 Å². The number of hydrogen-bond donors (Lipinski definition) is 0. The van der Waals surface area contributed by atoms with E-state index in [1.807, 2.05) is 12.1 Å². The molecule has 0 aliphatic rings. The third-order valence-electron chi connectivity index (χ3n) is 1.97. The highest BCUT2D eigenvalue weighted by Gasteiger charge is 2.04. The Morgan fingerprint density at radius 3 is 3.15 bits per heavy atom. The van der Waals surface area contributed by atoms with E-state index in [-0.39, 0.29) is 0 Å². The molecule has 3 aromatic rings. The molecule has 1 aromatic carbocycles. The van der Waals surface area contributed by atoms with Crippen LogP contribution in [0.3, 0.4) is 0 Å². The summed E-state index contributed by atoms with van der Waals surface area (Å²) in [6.07, 6.45) is 4.68. The average Bonchev–Trinajstić information content (AvgIpc) is 2.65. The van der Waals surface area contributed by atoms with Gasteiger partial charge in [-0.25, -0.2) is 15.0 Å². The Bertz CT molecular complexity index is 573. The van der Waals surface area contributed by atoms with Gasteiger partial charge in [-0.15, -0.1) is 0 Å². The molecule has 0 amide bonds. The molecular formula is C9H5N3O. The summed E-state index contributed by atoms with van der Waals surface area (Å²) < 4.78 is 5.23. The zero-order valence-electron chi connectivity index (χ0n) is 6.64. The van der Waals surface area contributed by atoms with E-state index >= 15 is 0 Å². The van der Waals surface area contributed by atoms with Crippen molar-refractivity contribution in [1.82, 2.24) is 15.0 Å².